The third kappa shape index (κ3) is 2.68. The summed E-state index contributed by atoms with van der Waals surface area (Å²) in [4.78, 5) is 18.3. The Morgan fingerprint density at radius 3 is 2.81 bits per heavy atom. The SMILES string of the molecule is CC(CNc1cnc(C(=O)O)cn1)C1CC1. The van der Waals surface area contributed by atoms with Crippen molar-refractivity contribution in [1.82, 2.24) is 9.97 Å². The first-order chi connectivity index (χ1) is 7.66. The Balaban J connectivity index is 1.86. The van der Waals surface area contributed by atoms with Gasteiger partial charge < -0.3 is 10.4 Å². The van der Waals surface area contributed by atoms with Gasteiger partial charge in [-0.2, -0.15) is 0 Å². The zero-order valence-electron chi connectivity index (χ0n) is 9.18. The van der Waals surface area contributed by atoms with Crippen molar-refractivity contribution in [3.8, 4) is 0 Å². The lowest BCUT2D eigenvalue weighted by molar-refractivity contribution is 0.0690. The Kier molecular flexibility index (Phi) is 3.03. The third-order valence-electron chi connectivity index (χ3n) is 2.90. The number of aromatic carboxylic acids is 1. The van der Waals surface area contributed by atoms with Gasteiger partial charge in [0.15, 0.2) is 5.69 Å². The summed E-state index contributed by atoms with van der Waals surface area (Å²) >= 11 is 0. The van der Waals surface area contributed by atoms with Gasteiger partial charge in [0.05, 0.1) is 12.4 Å². The van der Waals surface area contributed by atoms with Crippen LogP contribution >= 0.6 is 0 Å². The lowest BCUT2D eigenvalue weighted by Gasteiger charge is -2.11. The summed E-state index contributed by atoms with van der Waals surface area (Å²) in [5.41, 5.74) is -0.0270. The van der Waals surface area contributed by atoms with Crippen molar-refractivity contribution in [2.75, 3.05) is 11.9 Å². The van der Waals surface area contributed by atoms with E-state index in [9.17, 15) is 4.79 Å². The largest absolute Gasteiger partial charge is 0.476 e. The topological polar surface area (TPSA) is 75.1 Å². The summed E-state index contributed by atoms with van der Waals surface area (Å²) in [5, 5.41) is 11.8. The molecule has 1 saturated carbocycles. The highest BCUT2D eigenvalue weighted by atomic mass is 16.4. The molecule has 1 atom stereocenters. The second-order valence-corrected chi connectivity index (χ2v) is 4.29. The van der Waals surface area contributed by atoms with E-state index >= 15 is 0 Å². The van der Waals surface area contributed by atoms with Gasteiger partial charge in [0.25, 0.3) is 0 Å². The Labute approximate surface area is 93.9 Å². The predicted octanol–water partition coefficient (Wildman–Crippen LogP) is 1.63. The number of nitrogens with zero attached hydrogens (tertiary/aromatic N) is 2. The molecule has 0 radical (unpaired) electrons. The van der Waals surface area contributed by atoms with Crippen LogP contribution in [-0.2, 0) is 0 Å². The number of rotatable bonds is 5. The first-order valence-corrected chi connectivity index (χ1v) is 5.46. The van der Waals surface area contributed by atoms with E-state index < -0.39 is 5.97 Å². The number of aromatic nitrogens is 2. The Bertz CT molecular complexity index is 373. The molecule has 1 heterocycles. The van der Waals surface area contributed by atoms with Crippen LogP contribution in [0.5, 0.6) is 0 Å². The molecular formula is C11H15N3O2. The van der Waals surface area contributed by atoms with Gasteiger partial charge in [-0.15, -0.1) is 0 Å². The van der Waals surface area contributed by atoms with Crippen LogP contribution in [0.1, 0.15) is 30.3 Å². The number of carboxylic acid groups (broad SMARTS) is 1. The molecule has 0 aromatic carbocycles. The maximum atomic E-state index is 10.6. The van der Waals surface area contributed by atoms with Crippen LogP contribution in [0.2, 0.25) is 0 Å². The van der Waals surface area contributed by atoms with Crippen molar-refractivity contribution in [2.24, 2.45) is 11.8 Å². The standard InChI is InChI=1S/C11H15N3O2/c1-7(8-2-3-8)4-13-10-6-12-9(5-14-10)11(15)16/h5-8H,2-4H2,1H3,(H,13,14)(H,15,16). The summed E-state index contributed by atoms with van der Waals surface area (Å²) < 4.78 is 0. The lowest BCUT2D eigenvalue weighted by Crippen LogP contribution is -2.14. The zero-order valence-corrected chi connectivity index (χ0v) is 9.18. The van der Waals surface area contributed by atoms with Crippen molar-refractivity contribution in [3.63, 3.8) is 0 Å². The molecular weight excluding hydrogens is 206 g/mol. The quantitative estimate of drug-likeness (QED) is 0.790. The average Bonchev–Trinajstić information content (AvgIpc) is 3.10. The van der Waals surface area contributed by atoms with Crippen LogP contribution in [0.15, 0.2) is 12.4 Å². The summed E-state index contributed by atoms with van der Waals surface area (Å²) in [7, 11) is 0. The number of anilines is 1. The van der Waals surface area contributed by atoms with Gasteiger partial charge in [0, 0.05) is 6.54 Å². The molecule has 5 nitrogen and oxygen atoms in total. The van der Waals surface area contributed by atoms with Crippen LogP contribution in [-0.4, -0.2) is 27.6 Å². The van der Waals surface area contributed by atoms with Crippen LogP contribution in [0.3, 0.4) is 0 Å². The maximum Gasteiger partial charge on any atom is 0.356 e. The van der Waals surface area contributed by atoms with Gasteiger partial charge in [-0.05, 0) is 24.7 Å². The highest BCUT2D eigenvalue weighted by Crippen LogP contribution is 2.36. The van der Waals surface area contributed by atoms with E-state index in [1.165, 1.54) is 25.2 Å². The average molecular weight is 221 g/mol. The Morgan fingerprint density at radius 2 is 2.31 bits per heavy atom. The van der Waals surface area contributed by atoms with Crippen molar-refractivity contribution in [2.45, 2.75) is 19.8 Å². The Hall–Kier alpha value is -1.65. The van der Waals surface area contributed by atoms with Gasteiger partial charge in [-0.3, -0.25) is 0 Å². The molecule has 1 aliphatic rings. The van der Waals surface area contributed by atoms with Crippen LogP contribution in [0.25, 0.3) is 0 Å². The van der Waals surface area contributed by atoms with Crippen LogP contribution in [0, 0.1) is 11.8 Å². The van der Waals surface area contributed by atoms with E-state index in [1.54, 1.807) is 0 Å². The molecule has 5 heteroatoms. The molecule has 0 saturated heterocycles. The number of carbonyl (C=O) groups is 1. The third-order valence-corrected chi connectivity index (χ3v) is 2.90. The minimum atomic E-state index is -1.05. The fourth-order valence-electron chi connectivity index (χ4n) is 1.63. The first kappa shape index (κ1) is 10.9. The summed E-state index contributed by atoms with van der Waals surface area (Å²) in [6, 6.07) is 0. The number of hydrogen-bond donors (Lipinski definition) is 2. The highest BCUT2D eigenvalue weighted by Gasteiger charge is 2.27. The normalized spacial score (nSPS) is 16.8. The van der Waals surface area contributed by atoms with Crippen molar-refractivity contribution in [3.05, 3.63) is 18.1 Å². The number of hydrogen-bond acceptors (Lipinski definition) is 4. The van der Waals surface area contributed by atoms with E-state index in [0.717, 1.165) is 12.5 Å². The second-order valence-electron chi connectivity index (χ2n) is 4.29. The van der Waals surface area contributed by atoms with E-state index in [4.69, 9.17) is 5.11 Å². The maximum absolute atomic E-state index is 10.6. The summed E-state index contributed by atoms with van der Waals surface area (Å²) in [5.74, 6) is 1.07. The molecule has 1 unspecified atom stereocenters. The molecule has 0 spiro atoms. The van der Waals surface area contributed by atoms with E-state index in [2.05, 4.69) is 22.2 Å². The molecule has 2 rings (SSSR count). The van der Waals surface area contributed by atoms with Crippen molar-refractivity contribution < 1.29 is 9.90 Å². The fourth-order valence-corrected chi connectivity index (χ4v) is 1.63. The van der Waals surface area contributed by atoms with Gasteiger partial charge in [-0.1, -0.05) is 6.92 Å². The van der Waals surface area contributed by atoms with Crippen LogP contribution < -0.4 is 5.32 Å². The molecule has 0 aliphatic heterocycles. The molecule has 1 aromatic rings. The molecule has 1 aliphatic carbocycles. The van der Waals surface area contributed by atoms with Crippen molar-refractivity contribution >= 4 is 11.8 Å². The molecule has 0 bridgehead atoms. The van der Waals surface area contributed by atoms with Crippen molar-refractivity contribution in [1.29, 1.82) is 0 Å². The molecule has 86 valence electrons. The first-order valence-electron chi connectivity index (χ1n) is 5.46. The van der Waals surface area contributed by atoms with E-state index in [1.807, 2.05) is 0 Å². The fraction of sp³-hybridized carbons (Fsp3) is 0.545. The van der Waals surface area contributed by atoms with Gasteiger partial charge in [0.2, 0.25) is 0 Å². The molecule has 2 N–H and O–H groups in total. The van der Waals surface area contributed by atoms with E-state index in [-0.39, 0.29) is 5.69 Å². The van der Waals surface area contributed by atoms with Crippen LogP contribution in [0.4, 0.5) is 5.82 Å². The predicted molar refractivity (Wildman–Crippen MR) is 59.4 cm³/mol. The minimum absolute atomic E-state index is 0.0270. The zero-order chi connectivity index (χ0) is 11.5. The smallest absolute Gasteiger partial charge is 0.356 e. The molecule has 1 fully saturated rings. The van der Waals surface area contributed by atoms with Gasteiger partial charge >= 0.3 is 5.97 Å². The highest BCUT2D eigenvalue weighted by molar-refractivity contribution is 5.84. The van der Waals surface area contributed by atoms with Gasteiger partial charge in [0.1, 0.15) is 5.82 Å². The van der Waals surface area contributed by atoms with E-state index in [0.29, 0.717) is 11.7 Å². The molecule has 16 heavy (non-hydrogen) atoms. The molecule has 1 aromatic heterocycles. The summed E-state index contributed by atoms with van der Waals surface area (Å²) in [6.07, 6.45) is 5.38. The monoisotopic (exact) mass is 221 g/mol. The second kappa shape index (κ2) is 4.47. The minimum Gasteiger partial charge on any atom is -0.476 e. The Morgan fingerprint density at radius 1 is 1.56 bits per heavy atom. The van der Waals surface area contributed by atoms with Gasteiger partial charge in [-0.25, -0.2) is 14.8 Å². The lowest BCUT2D eigenvalue weighted by atomic mass is 10.1. The molecule has 0 amide bonds. The number of carboxylic acids is 1. The number of nitrogens with one attached hydrogen (secondary N) is 1. The summed E-state index contributed by atoms with van der Waals surface area (Å²) in [6.45, 7) is 3.08.